The second kappa shape index (κ2) is 5.41. The van der Waals surface area contributed by atoms with Gasteiger partial charge in [-0.1, -0.05) is 0 Å². The molecule has 20 heavy (non-hydrogen) atoms. The Morgan fingerprint density at radius 3 is 2.85 bits per heavy atom. The molecule has 0 amide bonds. The van der Waals surface area contributed by atoms with Gasteiger partial charge in [-0.2, -0.15) is 15.0 Å². The molecule has 0 bridgehead atoms. The maximum atomic E-state index is 5.45. The Labute approximate surface area is 116 Å². The predicted octanol–water partition coefficient (Wildman–Crippen LogP) is 0.324. The normalized spacial score (nSPS) is 19.1. The van der Waals surface area contributed by atoms with Gasteiger partial charge in [0.2, 0.25) is 17.8 Å². The Morgan fingerprint density at radius 1 is 1.30 bits per heavy atom. The average molecular weight is 275 g/mol. The van der Waals surface area contributed by atoms with Gasteiger partial charge in [0.25, 0.3) is 0 Å². The fourth-order valence-corrected chi connectivity index (χ4v) is 2.11. The third-order valence-corrected chi connectivity index (χ3v) is 3.20. The van der Waals surface area contributed by atoms with Crippen LogP contribution in [-0.4, -0.2) is 57.4 Å². The minimum atomic E-state index is 0.242. The molecule has 1 aliphatic heterocycles. The zero-order valence-corrected chi connectivity index (χ0v) is 11.5. The van der Waals surface area contributed by atoms with Crippen molar-refractivity contribution >= 4 is 11.9 Å². The summed E-state index contributed by atoms with van der Waals surface area (Å²) in [6, 6.07) is 0.242. The topological polar surface area (TPSA) is 81.0 Å². The zero-order valence-electron chi connectivity index (χ0n) is 11.5. The van der Waals surface area contributed by atoms with E-state index >= 15 is 0 Å². The zero-order chi connectivity index (χ0) is 13.9. The summed E-state index contributed by atoms with van der Waals surface area (Å²) in [6.45, 7) is 4.24. The summed E-state index contributed by atoms with van der Waals surface area (Å²) in [5.41, 5.74) is 0. The van der Waals surface area contributed by atoms with E-state index in [1.165, 1.54) is 0 Å². The van der Waals surface area contributed by atoms with Crippen LogP contribution in [0.2, 0.25) is 0 Å². The highest BCUT2D eigenvalue weighted by Gasteiger charge is 2.22. The van der Waals surface area contributed by atoms with Crippen molar-refractivity contribution in [2.24, 2.45) is 0 Å². The summed E-state index contributed by atoms with van der Waals surface area (Å²) >= 11 is 0. The van der Waals surface area contributed by atoms with E-state index in [9.17, 15) is 0 Å². The largest absolute Gasteiger partial charge is 0.377 e. The van der Waals surface area contributed by atoms with Crippen molar-refractivity contribution in [1.82, 2.24) is 24.5 Å². The number of morpholine rings is 1. The van der Waals surface area contributed by atoms with Crippen molar-refractivity contribution < 1.29 is 4.74 Å². The highest BCUT2D eigenvalue weighted by molar-refractivity contribution is 5.41. The number of hydrogen-bond donors (Lipinski definition) is 1. The first-order valence-corrected chi connectivity index (χ1v) is 6.54. The van der Waals surface area contributed by atoms with Crippen molar-refractivity contribution in [2.75, 3.05) is 37.0 Å². The Morgan fingerprint density at radius 2 is 2.15 bits per heavy atom. The van der Waals surface area contributed by atoms with Crippen LogP contribution in [0.3, 0.4) is 0 Å². The van der Waals surface area contributed by atoms with Gasteiger partial charge in [-0.05, 0) is 6.92 Å². The highest BCUT2D eigenvalue weighted by Crippen LogP contribution is 2.17. The molecule has 8 nitrogen and oxygen atoms in total. The van der Waals surface area contributed by atoms with Gasteiger partial charge in [-0.15, -0.1) is 0 Å². The Balaban J connectivity index is 1.99. The molecule has 0 saturated carbocycles. The van der Waals surface area contributed by atoms with E-state index in [4.69, 9.17) is 4.74 Å². The number of rotatable bonds is 3. The Hall–Kier alpha value is -2.22. The predicted molar refractivity (Wildman–Crippen MR) is 74.1 cm³/mol. The van der Waals surface area contributed by atoms with Crippen LogP contribution in [0.5, 0.6) is 0 Å². The van der Waals surface area contributed by atoms with Crippen molar-refractivity contribution in [2.45, 2.75) is 13.0 Å². The minimum Gasteiger partial charge on any atom is -0.377 e. The van der Waals surface area contributed by atoms with E-state index in [0.29, 0.717) is 31.1 Å². The number of aromatic nitrogens is 5. The molecule has 1 atom stereocenters. The summed E-state index contributed by atoms with van der Waals surface area (Å²) in [7, 11) is 1.79. The summed E-state index contributed by atoms with van der Waals surface area (Å²) in [4.78, 5) is 19.5. The fourth-order valence-electron chi connectivity index (χ4n) is 2.11. The van der Waals surface area contributed by atoms with Gasteiger partial charge in [0.05, 0.1) is 19.3 Å². The molecule has 1 saturated heterocycles. The minimum absolute atomic E-state index is 0.242. The van der Waals surface area contributed by atoms with E-state index in [1.807, 2.05) is 0 Å². The summed E-state index contributed by atoms with van der Waals surface area (Å²) < 4.78 is 7.21. The van der Waals surface area contributed by atoms with Gasteiger partial charge in [0, 0.05) is 26.0 Å². The second-order valence-electron chi connectivity index (χ2n) is 4.60. The van der Waals surface area contributed by atoms with Crippen LogP contribution >= 0.6 is 0 Å². The molecule has 0 aromatic carbocycles. The molecule has 2 aromatic rings. The second-order valence-corrected chi connectivity index (χ2v) is 4.60. The Kier molecular flexibility index (Phi) is 3.46. The molecule has 0 aliphatic carbocycles. The van der Waals surface area contributed by atoms with Crippen LogP contribution in [-0.2, 0) is 4.74 Å². The maximum Gasteiger partial charge on any atom is 0.241 e. The molecule has 0 radical (unpaired) electrons. The third kappa shape index (κ3) is 2.42. The van der Waals surface area contributed by atoms with Crippen molar-refractivity contribution in [1.29, 1.82) is 0 Å². The SMILES string of the molecule is CNc1nc(N2CCOCC2C)nc(-n2ccnc2)n1. The average Bonchev–Trinajstić information content (AvgIpc) is 3.01. The smallest absolute Gasteiger partial charge is 0.241 e. The molecule has 0 spiro atoms. The quantitative estimate of drug-likeness (QED) is 0.864. The first-order chi connectivity index (χ1) is 9.78. The number of nitrogens with zero attached hydrogens (tertiary/aromatic N) is 6. The monoisotopic (exact) mass is 275 g/mol. The van der Waals surface area contributed by atoms with E-state index < -0.39 is 0 Å². The van der Waals surface area contributed by atoms with Crippen molar-refractivity contribution in [3.63, 3.8) is 0 Å². The van der Waals surface area contributed by atoms with Crippen LogP contribution in [0.25, 0.3) is 5.95 Å². The van der Waals surface area contributed by atoms with Crippen molar-refractivity contribution in [3.8, 4) is 5.95 Å². The lowest BCUT2D eigenvalue weighted by Gasteiger charge is -2.33. The molecule has 106 valence electrons. The molecule has 8 heteroatoms. The first kappa shape index (κ1) is 12.8. The van der Waals surface area contributed by atoms with Crippen LogP contribution in [0.4, 0.5) is 11.9 Å². The van der Waals surface area contributed by atoms with Gasteiger partial charge >= 0.3 is 0 Å². The van der Waals surface area contributed by atoms with Crippen LogP contribution < -0.4 is 10.2 Å². The lowest BCUT2D eigenvalue weighted by molar-refractivity contribution is 0.0980. The van der Waals surface area contributed by atoms with Gasteiger partial charge < -0.3 is 15.0 Å². The highest BCUT2D eigenvalue weighted by atomic mass is 16.5. The van der Waals surface area contributed by atoms with Crippen molar-refractivity contribution in [3.05, 3.63) is 18.7 Å². The van der Waals surface area contributed by atoms with Gasteiger partial charge in [-0.3, -0.25) is 4.57 Å². The van der Waals surface area contributed by atoms with Crippen LogP contribution in [0.1, 0.15) is 6.92 Å². The van der Waals surface area contributed by atoms with E-state index in [0.717, 1.165) is 6.54 Å². The molecule has 1 N–H and O–H groups in total. The van der Waals surface area contributed by atoms with Crippen LogP contribution in [0.15, 0.2) is 18.7 Å². The molecule has 2 aromatic heterocycles. The number of nitrogens with one attached hydrogen (secondary N) is 1. The number of anilines is 2. The maximum absolute atomic E-state index is 5.45. The summed E-state index contributed by atoms with van der Waals surface area (Å²) in [5.74, 6) is 1.75. The third-order valence-electron chi connectivity index (χ3n) is 3.20. The van der Waals surface area contributed by atoms with E-state index in [1.54, 1.807) is 30.3 Å². The molecule has 3 rings (SSSR count). The molecule has 1 aliphatic rings. The molecular weight excluding hydrogens is 258 g/mol. The molecule has 1 unspecified atom stereocenters. The Bertz CT molecular complexity index is 571. The molecular formula is C12H17N7O. The standard InChI is InChI=1S/C12H17N7O/c1-9-7-20-6-5-19(9)12-16-10(13-2)15-11(17-12)18-4-3-14-8-18/h3-4,8-9H,5-7H2,1-2H3,(H,13,15,16,17). The summed E-state index contributed by atoms with van der Waals surface area (Å²) in [5, 5.41) is 2.97. The summed E-state index contributed by atoms with van der Waals surface area (Å²) in [6.07, 6.45) is 5.17. The lowest BCUT2D eigenvalue weighted by atomic mass is 10.3. The van der Waals surface area contributed by atoms with Gasteiger partial charge in [0.15, 0.2) is 0 Å². The van der Waals surface area contributed by atoms with Gasteiger partial charge in [0.1, 0.15) is 6.33 Å². The van der Waals surface area contributed by atoms with Gasteiger partial charge in [-0.25, -0.2) is 4.98 Å². The molecule has 1 fully saturated rings. The number of imidazole rings is 1. The van der Waals surface area contributed by atoms with E-state index in [2.05, 4.69) is 37.1 Å². The lowest BCUT2D eigenvalue weighted by Crippen LogP contribution is -2.44. The van der Waals surface area contributed by atoms with Crippen LogP contribution in [0, 0.1) is 0 Å². The van der Waals surface area contributed by atoms with E-state index in [-0.39, 0.29) is 6.04 Å². The first-order valence-electron chi connectivity index (χ1n) is 6.54. The molecule has 3 heterocycles. The number of ether oxygens (including phenoxy) is 1. The number of hydrogen-bond acceptors (Lipinski definition) is 7. The fraction of sp³-hybridized carbons (Fsp3) is 0.500.